The fourth-order valence-electron chi connectivity index (χ4n) is 3.59. The molecule has 0 bridgehead atoms. The van der Waals surface area contributed by atoms with E-state index in [0.717, 1.165) is 24.9 Å². The number of aromatic nitrogens is 1. The van der Waals surface area contributed by atoms with Crippen molar-refractivity contribution in [3.63, 3.8) is 0 Å². The van der Waals surface area contributed by atoms with Gasteiger partial charge in [-0.05, 0) is 44.4 Å². The molecule has 0 aliphatic carbocycles. The molecule has 5 heteroatoms. The number of pyridine rings is 1. The SMILES string of the molecule is CC(C)N1CC(C(=O)N2CCCC2c2ccncc2)CC1=O. The molecule has 0 radical (unpaired) electrons. The van der Waals surface area contributed by atoms with Crippen LogP contribution in [-0.2, 0) is 9.59 Å². The Labute approximate surface area is 131 Å². The standard InChI is InChI=1S/C17H23N3O2/c1-12(2)20-11-14(10-16(20)21)17(22)19-9-3-4-15(19)13-5-7-18-8-6-13/h5-8,12,14-15H,3-4,9-11H2,1-2H3. The summed E-state index contributed by atoms with van der Waals surface area (Å²) < 4.78 is 0. The van der Waals surface area contributed by atoms with Gasteiger partial charge in [0.2, 0.25) is 11.8 Å². The summed E-state index contributed by atoms with van der Waals surface area (Å²) in [6.45, 7) is 5.36. The highest BCUT2D eigenvalue weighted by atomic mass is 16.2. The first-order valence-electron chi connectivity index (χ1n) is 8.08. The van der Waals surface area contributed by atoms with Gasteiger partial charge in [-0.15, -0.1) is 0 Å². The molecule has 2 amide bonds. The Balaban J connectivity index is 1.73. The minimum atomic E-state index is -0.183. The molecule has 2 aliphatic heterocycles. The van der Waals surface area contributed by atoms with Crippen LogP contribution in [0.1, 0.15) is 44.7 Å². The van der Waals surface area contributed by atoms with Crippen LogP contribution in [0.2, 0.25) is 0 Å². The summed E-state index contributed by atoms with van der Waals surface area (Å²) in [5, 5.41) is 0. The zero-order valence-corrected chi connectivity index (χ0v) is 13.2. The monoisotopic (exact) mass is 301 g/mol. The fraction of sp³-hybridized carbons (Fsp3) is 0.588. The van der Waals surface area contributed by atoms with Gasteiger partial charge in [0.25, 0.3) is 0 Å². The first kappa shape index (κ1) is 15.0. The Hall–Kier alpha value is -1.91. The second kappa shape index (κ2) is 6.07. The third-order valence-corrected chi connectivity index (χ3v) is 4.76. The Bertz CT molecular complexity index is 558. The van der Waals surface area contributed by atoms with E-state index in [9.17, 15) is 9.59 Å². The maximum Gasteiger partial charge on any atom is 0.228 e. The van der Waals surface area contributed by atoms with Crippen LogP contribution in [0.15, 0.2) is 24.5 Å². The van der Waals surface area contributed by atoms with Crippen LogP contribution < -0.4 is 0 Å². The number of likely N-dealkylation sites (tertiary alicyclic amines) is 2. The van der Waals surface area contributed by atoms with Gasteiger partial charge in [0, 0.05) is 37.9 Å². The summed E-state index contributed by atoms with van der Waals surface area (Å²) in [7, 11) is 0. The molecule has 1 aromatic heterocycles. The number of amides is 2. The highest BCUT2D eigenvalue weighted by Gasteiger charge is 2.40. The lowest BCUT2D eigenvalue weighted by molar-refractivity contribution is -0.136. The average molecular weight is 301 g/mol. The first-order valence-corrected chi connectivity index (χ1v) is 8.08. The van der Waals surface area contributed by atoms with Crippen molar-refractivity contribution in [2.75, 3.05) is 13.1 Å². The number of rotatable bonds is 3. The molecule has 3 rings (SSSR count). The van der Waals surface area contributed by atoms with E-state index in [4.69, 9.17) is 0 Å². The summed E-state index contributed by atoms with van der Waals surface area (Å²) in [6.07, 6.45) is 5.92. The van der Waals surface area contributed by atoms with Crippen molar-refractivity contribution < 1.29 is 9.59 Å². The first-order chi connectivity index (χ1) is 10.6. The Kier molecular flexibility index (Phi) is 4.14. The van der Waals surface area contributed by atoms with Crippen molar-refractivity contribution >= 4 is 11.8 Å². The van der Waals surface area contributed by atoms with Crippen molar-refractivity contribution in [2.45, 2.75) is 45.2 Å². The zero-order valence-electron chi connectivity index (χ0n) is 13.2. The van der Waals surface area contributed by atoms with Crippen LogP contribution in [0.3, 0.4) is 0 Å². The molecule has 2 saturated heterocycles. The highest BCUT2D eigenvalue weighted by molar-refractivity contribution is 5.89. The number of carbonyl (C=O) groups is 2. The smallest absolute Gasteiger partial charge is 0.228 e. The average Bonchev–Trinajstić information content (AvgIpc) is 3.14. The van der Waals surface area contributed by atoms with Gasteiger partial charge in [0.1, 0.15) is 0 Å². The molecule has 0 N–H and O–H groups in total. The second-order valence-electron chi connectivity index (χ2n) is 6.51. The number of hydrogen-bond acceptors (Lipinski definition) is 3. The molecular formula is C17H23N3O2. The van der Waals surface area contributed by atoms with Crippen molar-refractivity contribution in [1.82, 2.24) is 14.8 Å². The topological polar surface area (TPSA) is 53.5 Å². The van der Waals surface area contributed by atoms with Crippen LogP contribution in [0.4, 0.5) is 0 Å². The summed E-state index contributed by atoms with van der Waals surface area (Å²) in [5.74, 6) is 0.0566. The van der Waals surface area contributed by atoms with E-state index in [0.29, 0.717) is 13.0 Å². The molecule has 1 aromatic rings. The van der Waals surface area contributed by atoms with E-state index in [1.165, 1.54) is 0 Å². The van der Waals surface area contributed by atoms with Crippen LogP contribution >= 0.6 is 0 Å². The molecule has 2 aliphatic rings. The summed E-state index contributed by atoms with van der Waals surface area (Å²) >= 11 is 0. The number of carbonyl (C=O) groups excluding carboxylic acids is 2. The molecule has 0 saturated carbocycles. The van der Waals surface area contributed by atoms with Crippen molar-refractivity contribution in [2.24, 2.45) is 5.92 Å². The molecule has 5 nitrogen and oxygen atoms in total. The summed E-state index contributed by atoms with van der Waals surface area (Å²) in [6, 6.07) is 4.27. The molecule has 0 spiro atoms. The van der Waals surface area contributed by atoms with Gasteiger partial charge in [-0.1, -0.05) is 0 Å². The lowest BCUT2D eigenvalue weighted by Crippen LogP contribution is -2.38. The lowest BCUT2D eigenvalue weighted by Gasteiger charge is -2.28. The molecule has 118 valence electrons. The van der Waals surface area contributed by atoms with E-state index < -0.39 is 0 Å². The highest BCUT2D eigenvalue weighted by Crippen LogP contribution is 2.34. The third-order valence-electron chi connectivity index (χ3n) is 4.76. The number of nitrogens with zero attached hydrogens (tertiary/aromatic N) is 3. The zero-order chi connectivity index (χ0) is 15.7. The maximum absolute atomic E-state index is 12.9. The Morgan fingerprint density at radius 1 is 1.32 bits per heavy atom. The van der Waals surface area contributed by atoms with Crippen molar-refractivity contribution in [1.29, 1.82) is 0 Å². The molecule has 0 aromatic carbocycles. The van der Waals surface area contributed by atoms with E-state index in [-0.39, 0.29) is 29.8 Å². The molecule has 3 heterocycles. The van der Waals surface area contributed by atoms with E-state index >= 15 is 0 Å². The fourth-order valence-corrected chi connectivity index (χ4v) is 3.59. The van der Waals surface area contributed by atoms with Crippen LogP contribution in [-0.4, -0.2) is 45.7 Å². The maximum atomic E-state index is 12.9. The minimum Gasteiger partial charge on any atom is -0.339 e. The Morgan fingerprint density at radius 3 is 2.68 bits per heavy atom. The quantitative estimate of drug-likeness (QED) is 0.858. The van der Waals surface area contributed by atoms with Gasteiger partial charge in [-0.25, -0.2) is 0 Å². The van der Waals surface area contributed by atoms with Crippen LogP contribution in [0.5, 0.6) is 0 Å². The molecule has 2 fully saturated rings. The molecule has 2 unspecified atom stereocenters. The molecular weight excluding hydrogens is 278 g/mol. The van der Waals surface area contributed by atoms with E-state index in [1.54, 1.807) is 12.4 Å². The van der Waals surface area contributed by atoms with Gasteiger partial charge >= 0.3 is 0 Å². The van der Waals surface area contributed by atoms with E-state index in [2.05, 4.69) is 4.98 Å². The third kappa shape index (κ3) is 2.72. The molecule has 22 heavy (non-hydrogen) atoms. The van der Waals surface area contributed by atoms with E-state index in [1.807, 2.05) is 35.8 Å². The predicted molar refractivity (Wildman–Crippen MR) is 82.9 cm³/mol. The van der Waals surface area contributed by atoms with Gasteiger partial charge in [-0.3, -0.25) is 14.6 Å². The normalized spacial score (nSPS) is 25.3. The number of hydrogen-bond donors (Lipinski definition) is 0. The van der Waals surface area contributed by atoms with Gasteiger partial charge in [0.15, 0.2) is 0 Å². The minimum absolute atomic E-state index is 0.105. The molecule has 2 atom stereocenters. The van der Waals surface area contributed by atoms with Crippen LogP contribution in [0, 0.1) is 5.92 Å². The lowest BCUT2D eigenvalue weighted by atomic mass is 10.0. The summed E-state index contributed by atoms with van der Waals surface area (Å²) in [4.78, 5) is 32.8. The Morgan fingerprint density at radius 2 is 2.05 bits per heavy atom. The largest absolute Gasteiger partial charge is 0.339 e. The summed E-state index contributed by atoms with van der Waals surface area (Å²) in [5.41, 5.74) is 1.14. The predicted octanol–water partition coefficient (Wildman–Crippen LogP) is 2.00. The van der Waals surface area contributed by atoms with Gasteiger partial charge in [0.05, 0.1) is 12.0 Å². The van der Waals surface area contributed by atoms with Gasteiger partial charge in [-0.2, -0.15) is 0 Å². The van der Waals surface area contributed by atoms with Gasteiger partial charge < -0.3 is 9.80 Å². The van der Waals surface area contributed by atoms with Crippen molar-refractivity contribution in [3.05, 3.63) is 30.1 Å². The van der Waals surface area contributed by atoms with Crippen molar-refractivity contribution in [3.8, 4) is 0 Å². The van der Waals surface area contributed by atoms with Crippen LogP contribution in [0.25, 0.3) is 0 Å². The second-order valence-corrected chi connectivity index (χ2v) is 6.51.